The predicted octanol–water partition coefficient (Wildman–Crippen LogP) is 1.35. The van der Waals surface area contributed by atoms with Gasteiger partial charge in [-0.15, -0.1) is 3.89 Å². The van der Waals surface area contributed by atoms with Crippen LogP contribution in [0, 0.1) is 23.1 Å². The summed E-state index contributed by atoms with van der Waals surface area (Å²) in [7, 11) is -4.70. The van der Waals surface area contributed by atoms with Gasteiger partial charge in [0.15, 0.2) is 0 Å². The molecule has 106 valence electrons. The summed E-state index contributed by atoms with van der Waals surface area (Å²) in [5.74, 6) is -2.81. The lowest BCUT2D eigenvalue weighted by Crippen LogP contribution is -2.27. The van der Waals surface area contributed by atoms with Crippen molar-refractivity contribution in [2.45, 2.75) is 6.42 Å². The fraction of sp³-hybridized carbons (Fsp3) is 0.333. The van der Waals surface area contributed by atoms with Gasteiger partial charge >= 0.3 is 10.2 Å². The highest BCUT2D eigenvalue weighted by Gasteiger charge is 2.35. The molecule has 2 rings (SSSR count). The van der Waals surface area contributed by atoms with Crippen molar-refractivity contribution in [2.24, 2.45) is 5.92 Å². The fourth-order valence-electron chi connectivity index (χ4n) is 2.27. The number of para-hydroxylation sites is 1. The Bertz CT molecular complexity index is 697. The van der Waals surface area contributed by atoms with Gasteiger partial charge in [-0.3, -0.25) is 4.79 Å². The summed E-state index contributed by atoms with van der Waals surface area (Å²) in [6.07, 6.45) is -0.192. The first-order valence-electron chi connectivity index (χ1n) is 5.73. The lowest BCUT2D eigenvalue weighted by molar-refractivity contribution is -0.117. The van der Waals surface area contributed by atoms with E-state index in [9.17, 15) is 21.5 Å². The monoisotopic (exact) mass is 300 g/mol. The number of hydrogen-bond acceptors (Lipinski definition) is 4. The van der Waals surface area contributed by atoms with E-state index in [4.69, 9.17) is 5.26 Å². The van der Waals surface area contributed by atoms with Gasteiger partial charge in [-0.25, -0.2) is 4.39 Å². The maximum absolute atomic E-state index is 13.8. The van der Waals surface area contributed by atoms with Crippen LogP contribution in [0.2, 0.25) is 0 Å². The number of rotatable bonds is 3. The molecule has 1 fully saturated rings. The fourth-order valence-corrected chi connectivity index (χ4v) is 3.06. The molecule has 1 saturated heterocycles. The van der Waals surface area contributed by atoms with Crippen LogP contribution in [0.25, 0.3) is 0 Å². The average molecular weight is 300 g/mol. The highest BCUT2D eigenvalue weighted by molar-refractivity contribution is 7.86. The first-order valence-corrected chi connectivity index (χ1v) is 7.28. The molecule has 1 aliphatic heterocycles. The number of benzene rings is 1. The highest BCUT2D eigenvalue weighted by Crippen LogP contribution is 2.31. The molecular weight excluding hydrogens is 290 g/mol. The van der Waals surface area contributed by atoms with Gasteiger partial charge in [-0.2, -0.15) is 13.7 Å². The van der Waals surface area contributed by atoms with Crippen LogP contribution in [0.4, 0.5) is 14.0 Å². The van der Waals surface area contributed by atoms with Crippen molar-refractivity contribution < 1.29 is 21.5 Å². The van der Waals surface area contributed by atoms with E-state index in [-0.39, 0.29) is 24.2 Å². The van der Waals surface area contributed by atoms with Crippen LogP contribution in [-0.4, -0.2) is 26.6 Å². The molecule has 0 bridgehead atoms. The number of nitriles is 1. The number of nitrogens with zero attached hydrogens (tertiary/aromatic N) is 2. The van der Waals surface area contributed by atoms with E-state index >= 15 is 0 Å². The Kier molecular flexibility index (Phi) is 3.72. The number of hydrogen-bond donors (Lipinski definition) is 0. The smallest absolute Gasteiger partial charge is 0.302 e. The molecule has 8 heteroatoms. The average Bonchev–Trinajstić information content (AvgIpc) is 2.67. The largest absolute Gasteiger partial charge is 0.308 e. The Morgan fingerprint density at radius 1 is 1.45 bits per heavy atom. The van der Waals surface area contributed by atoms with E-state index in [1.54, 1.807) is 6.07 Å². The normalized spacial score (nSPS) is 19.1. The van der Waals surface area contributed by atoms with Gasteiger partial charge in [0, 0.05) is 18.9 Å². The second kappa shape index (κ2) is 5.17. The van der Waals surface area contributed by atoms with Gasteiger partial charge in [0.25, 0.3) is 0 Å². The molecule has 1 unspecified atom stereocenters. The molecule has 0 aromatic heterocycles. The minimum atomic E-state index is -4.70. The maximum atomic E-state index is 13.8. The standard InChI is InChI=1S/C12H10F2N2O3S/c13-10-3-1-2-9(5-15)12(10)16-6-8(4-11(16)17)7-20(14,18)19/h1-3,8H,4,6-7H2. The van der Waals surface area contributed by atoms with E-state index in [1.165, 1.54) is 12.1 Å². The quantitative estimate of drug-likeness (QED) is 0.789. The van der Waals surface area contributed by atoms with Gasteiger partial charge in [0.05, 0.1) is 17.0 Å². The number of amides is 1. The van der Waals surface area contributed by atoms with Crippen LogP contribution in [0.5, 0.6) is 0 Å². The molecule has 1 aromatic carbocycles. The molecule has 0 N–H and O–H groups in total. The lowest BCUT2D eigenvalue weighted by atomic mass is 10.1. The Labute approximate surface area is 114 Å². The van der Waals surface area contributed by atoms with E-state index < -0.39 is 33.6 Å². The van der Waals surface area contributed by atoms with Crippen LogP contribution in [0.3, 0.4) is 0 Å². The van der Waals surface area contributed by atoms with Crippen LogP contribution >= 0.6 is 0 Å². The van der Waals surface area contributed by atoms with Crippen molar-refractivity contribution in [2.75, 3.05) is 17.2 Å². The zero-order chi connectivity index (χ0) is 14.9. The van der Waals surface area contributed by atoms with Crippen LogP contribution < -0.4 is 4.90 Å². The van der Waals surface area contributed by atoms with Gasteiger partial charge in [0.1, 0.15) is 11.9 Å². The Balaban J connectivity index is 2.32. The molecule has 1 aliphatic rings. The molecule has 1 atom stereocenters. The molecule has 1 amide bonds. The van der Waals surface area contributed by atoms with E-state index in [0.717, 1.165) is 11.0 Å². The molecule has 0 saturated carbocycles. The Morgan fingerprint density at radius 2 is 2.15 bits per heavy atom. The third-order valence-electron chi connectivity index (χ3n) is 3.02. The molecule has 1 aromatic rings. The second-order valence-electron chi connectivity index (χ2n) is 4.53. The summed E-state index contributed by atoms with van der Waals surface area (Å²) >= 11 is 0. The summed E-state index contributed by atoms with van der Waals surface area (Å²) < 4.78 is 47.6. The SMILES string of the molecule is N#Cc1cccc(F)c1N1CC(CS(=O)(=O)F)CC1=O. The molecule has 5 nitrogen and oxygen atoms in total. The summed E-state index contributed by atoms with van der Waals surface area (Å²) in [6.45, 7) is -0.127. The summed E-state index contributed by atoms with van der Waals surface area (Å²) in [6, 6.07) is 5.56. The molecular formula is C12H10F2N2O3S. The molecule has 1 heterocycles. The van der Waals surface area contributed by atoms with E-state index in [0.29, 0.717) is 0 Å². The first-order chi connectivity index (χ1) is 9.31. The molecule has 0 aliphatic carbocycles. The van der Waals surface area contributed by atoms with Crippen LogP contribution in [0.15, 0.2) is 18.2 Å². The van der Waals surface area contributed by atoms with Gasteiger partial charge in [-0.1, -0.05) is 6.07 Å². The third kappa shape index (κ3) is 2.93. The topological polar surface area (TPSA) is 78.2 Å². The van der Waals surface area contributed by atoms with Gasteiger partial charge in [-0.05, 0) is 12.1 Å². The van der Waals surface area contributed by atoms with Crippen molar-refractivity contribution in [3.8, 4) is 6.07 Å². The lowest BCUT2D eigenvalue weighted by Gasteiger charge is -2.18. The molecule has 0 spiro atoms. The zero-order valence-corrected chi connectivity index (χ0v) is 11.0. The van der Waals surface area contributed by atoms with Gasteiger partial charge in [0.2, 0.25) is 5.91 Å². The summed E-state index contributed by atoms with van der Waals surface area (Å²) in [5, 5.41) is 8.93. The Morgan fingerprint density at radius 3 is 2.75 bits per heavy atom. The maximum Gasteiger partial charge on any atom is 0.302 e. The van der Waals surface area contributed by atoms with Crippen molar-refractivity contribution in [1.82, 2.24) is 0 Å². The number of carbonyl (C=O) groups is 1. The number of halogens is 2. The summed E-state index contributed by atoms with van der Waals surface area (Å²) in [4.78, 5) is 12.8. The third-order valence-corrected chi connectivity index (χ3v) is 3.89. The van der Waals surface area contributed by atoms with Gasteiger partial charge < -0.3 is 4.90 Å². The van der Waals surface area contributed by atoms with Crippen molar-refractivity contribution in [3.63, 3.8) is 0 Å². The predicted molar refractivity (Wildman–Crippen MR) is 66.5 cm³/mol. The minimum absolute atomic E-state index is 0.0258. The van der Waals surface area contributed by atoms with E-state index in [1.807, 2.05) is 0 Å². The minimum Gasteiger partial charge on any atom is -0.308 e. The second-order valence-corrected chi connectivity index (χ2v) is 5.94. The Hall–Kier alpha value is -2.01. The van der Waals surface area contributed by atoms with E-state index in [2.05, 4.69) is 0 Å². The number of carbonyl (C=O) groups excluding carboxylic acids is 1. The van der Waals surface area contributed by atoms with Crippen molar-refractivity contribution in [1.29, 1.82) is 5.26 Å². The summed E-state index contributed by atoms with van der Waals surface area (Å²) in [5.41, 5.74) is -0.208. The molecule has 0 radical (unpaired) electrons. The van der Waals surface area contributed by atoms with Crippen molar-refractivity contribution >= 4 is 21.8 Å². The zero-order valence-electron chi connectivity index (χ0n) is 10.2. The molecule has 20 heavy (non-hydrogen) atoms. The van der Waals surface area contributed by atoms with Crippen LogP contribution in [0.1, 0.15) is 12.0 Å². The first kappa shape index (κ1) is 14.4. The highest BCUT2D eigenvalue weighted by atomic mass is 32.3. The van der Waals surface area contributed by atoms with Crippen LogP contribution in [-0.2, 0) is 15.0 Å². The van der Waals surface area contributed by atoms with Crippen molar-refractivity contribution in [3.05, 3.63) is 29.6 Å². The number of anilines is 1.